The van der Waals surface area contributed by atoms with Gasteiger partial charge in [-0.2, -0.15) is 5.26 Å². The van der Waals surface area contributed by atoms with Crippen LogP contribution in [0.1, 0.15) is 12.5 Å². The molecule has 1 aromatic rings. The van der Waals surface area contributed by atoms with Gasteiger partial charge in [0.25, 0.3) is 0 Å². The molecule has 1 aromatic carbocycles. The molecule has 0 bridgehead atoms. The number of nitrogens with zero attached hydrogens (tertiary/aromatic N) is 1. The van der Waals surface area contributed by atoms with Gasteiger partial charge in [0.15, 0.2) is 0 Å². The third kappa shape index (κ3) is 3.98. The first-order chi connectivity index (χ1) is 7.13. The number of rotatable bonds is 4. The summed E-state index contributed by atoms with van der Waals surface area (Å²) in [6.45, 7) is 3.14. The van der Waals surface area contributed by atoms with Crippen LogP contribution in [0.4, 0.5) is 4.39 Å². The lowest BCUT2D eigenvalue weighted by Crippen LogP contribution is -2.19. The summed E-state index contributed by atoms with van der Waals surface area (Å²) in [6.07, 6.45) is 0. The van der Waals surface area contributed by atoms with Gasteiger partial charge >= 0.3 is 0 Å². The molecule has 0 saturated carbocycles. The normalized spacial score (nSPS) is 12.1. The number of nitriles is 1. The minimum Gasteiger partial charge on any atom is -0.311 e. The molecule has 0 aliphatic carbocycles. The van der Waals surface area contributed by atoms with Crippen molar-refractivity contribution in [2.24, 2.45) is 5.92 Å². The first kappa shape index (κ1) is 12.2. The van der Waals surface area contributed by atoms with Crippen LogP contribution in [-0.2, 0) is 6.54 Å². The molecule has 0 aromatic heterocycles. The second-order valence-electron chi connectivity index (χ2n) is 3.41. The van der Waals surface area contributed by atoms with Crippen LogP contribution >= 0.6 is 15.9 Å². The van der Waals surface area contributed by atoms with Crippen molar-refractivity contribution >= 4 is 15.9 Å². The van der Waals surface area contributed by atoms with Crippen molar-refractivity contribution in [3.8, 4) is 6.07 Å². The van der Waals surface area contributed by atoms with Crippen LogP contribution in [-0.4, -0.2) is 6.54 Å². The molecule has 15 heavy (non-hydrogen) atoms. The second-order valence-corrected chi connectivity index (χ2v) is 4.26. The van der Waals surface area contributed by atoms with Gasteiger partial charge < -0.3 is 5.32 Å². The van der Waals surface area contributed by atoms with Crippen LogP contribution in [0.15, 0.2) is 22.7 Å². The molecule has 0 radical (unpaired) electrons. The summed E-state index contributed by atoms with van der Waals surface area (Å²) in [5, 5.41) is 11.7. The predicted octanol–water partition coefficient (Wildman–Crippen LogP) is 2.84. The number of halogens is 2. The Kier molecular flexibility index (Phi) is 4.73. The second kappa shape index (κ2) is 5.84. The van der Waals surface area contributed by atoms with Crippen molar-refractivity contribution in [2.75, 3.05) is 6.54 Å². The molecule has 1 N–H and O–H groups in total. The third-order valence-corrected chi connectivity index (χ3v) is 2.59. The highest BCUT2D eigenvalue weighted by molar-refractivity contribution is 9.10. The fourth-order valence-corrected chi connectivity index (χ4v) is 1.55. The molecule has 0 aliphatic heterocycles. The van der Waals surface area contributed by atoms with E-state index in [0.717, 1.165) is 5.56 Å². The van der Waals surface area contributed by atoms with Crippen molar-refractivity contribution in [2.45, 2.75) is 13.5 Å². The van der Waals surface area contributed by atoms with E-state index < -0.39 is 0 Å². The van der Waals surface area contributed by atoms with Gasteiger partial charge in [-0.3, -0.25) is 0 Å². The van der Waals surface area contributed by atoms with Gasteiger partial charge in [-0.25, -0.2) is 4.39 Å². The topological polar surface area (TPSA) is 35.8 Å². The Labute approximate surface area is 97.2 Å². The average Bonchev–Trinajstić information content (AvgIpc) is 2.23. The molecule has 0 amide bonds. The van der Waals surface area contributed by atoms with Gasteiger partial charge in [-0.15, -0.1) is 0 Å². The molecule has 2 nitrogen and oxygen atoms in total. The monoisotopic (exact) mass is 270 g/mol. The van der Waals surface area contributed by atoms with Crippen LogP contribution in [0.3, 0.4) is 0 Å². The molecule has 0 heterocycles. The molecule has 1 rings (SSSR count). The summed E-state index contributed by atoms with van der Waals surface area (Å²) < 4.78 is 13.4. The Morgan fingerprint density at radius 1 is 1.60 bits per heavy atom. The fourth-order valence-electron chi connectivity index (χ4n) is 1.13. The minimum atomic E-state index is -0.260. The van der Waals surface area contributed by atoms with Crippen LogP contribution in [0.5, 0.6) is 0 Å². The molecule has 1 atom stereocenters. The lowest BCUT2D eigenvalue weighted by Gasteiger charge is -2.06. The maximum absolute atomic E-state index is 12.9. The quantitative estimate of drug-likeness (QED) is 0.914. The van der Waals surface area contributed by atoms with Crippen molar-refractivity contribution in [1.29, 1.82) is 5.26 Å². The summed E-state index contributed by atoms with van der Waals surface area (Å²) >= 11 is 3.13. The summed E-state index contributed by atoms with van der Waals surface area (Å²) in [4.78, 5) is 0. The standard InChI is InChI=1S/C11H12BrFN2/c1-8(5-14)6-15-7-9-2-3-11(13)10(12)4-9/h2-4,8,15H,6-7H2,1H3. The van der Waals surface area contributed by atoms with E-state index in [1.807, 2.05) is 6.92 Å². The van der Waals surface area contributed by atoms with E-state index in [4.69, 9.17) is 5.26 Å². The van der Waals surface area contributed by atoms with Crippen molar-refractivity contribution < 1.29 is 4.39 Å². The van der Waals surface area contributed by atoms with E-state index in [1.54, 1.807) is 12.1 Å². The molecule has 80 valence electrons. The Bertz CT molecular complexity index is 373. The predicted molar refractivity (Wildman–Crippen MR) is 60.6 cm³/mol. The Hall–Kier alpha value is -0.920. The molecule has 0 saturated heterocycles. The highest BCUT2D eigenvalue weighted by atomic mass is 79.9. The zero-order valence-corrected chi connectivity index (χ0v) is 10.0. The Balaban J connectivity index is 2.45. The van der Waals surface area contributed by atoms with E-state index in [9.17, 15) is 4.39 Å². The van der Waals surface area contributed by atoms with Gasteiger partial charge in [0.2, 0.25) is 0 Å². The number of benzene rings is 1. The highest BCUT2D eigenvalue weighted by Gasteiger charge is 2.01. The van der Waals surface area contributed by atoms with Crippen molar-refractivity contribution in [1.82, 2.24) is 5.32 Å². The molecule has 1 unspecified atom stereocenters. The molecular formula is C11H12BrFN2. The summed E-state index contributed by atoms with van der Waals surface area (Å²) in [6, 6.07) is 7.03. The Morgan fingerprint density at radius 3 is 2.93 bits per heavy atom. The van der Waals surface area contributed by atoms with Crippen LogP contribution in [0.2, 0.25) is 0 Å². The van der Waals surface area contributed by atoms with Crippen molar-refractivity contribution in [3.63, 3.8) is 0 Å². The molecule has 0 aliphatic rings. The van der Waals surface area contributed by atoms with Gasteiger partial charge in [0.1, 0.15) is 5.82 Å². The smallest absolute Gasteiger partial charge is 0.137 e. The third-order valence-electron chi connectivity index (χ3n) is 1.98. The largest absolute Gasteiger partial charge is 0.311 e. The van der Waals surface area contributed by atoms with Crippen LogP contribution < -0.4 is 5.32 Å². The summed E-state index contributed by atoms with van der Waals surface area (Å²) in [7, 11) is 0. The van der Waals surface area contributed by atoms with Gasteiger partial charge in [-0.05, 0) is 40.5 Å². The number of nitrogens with one attached hydrogen (secondary N) is 1. The molecule has 0 fully saturated rings. The first-order valence-electron chi connectivity index (χ1n) is 4.67. The zero-order chi connectivity index (χ0) is 11.3. The number of hydrogen-bond acceptors (Lipinski definition) is 2. The van der Waals surface area contributed by atoms with Crippen LogP contribution in [0, 0.1) is 23.1 Å². The van der Waals surface area contributed by atoms with Gasteiger partial charge in [0, 0.05) is 13.1 Å². The van der Waals surface area contributed by atoms with E-state index in [-0.39, 0.29) is 11.7 Å². The van der Waals surface area contributed by atoms with E-state index >= 15 is 0 Å². The number of hydrogen-bond donors (Lipinski definition) is 1. The Morgan fingerprint density at radius 2 is 2.33 bits per heavy atom. The molecule has 0 spiro atoms. The van der Waals surface area contributed by atoms with Gasteiger partial charge in [-0.1, -0.05) is 6.07 Å². The van der Waals surface area contributed by atoms with Crippen LogP contribution in [0.25, 0.3) is 0 Å². The summed E-state index contributed by atoms with van der Waals surface area (Å²) in [5.74, 6) is -0.266. The lowest BCUT2D eigenvalue weighted by atomic mass is 10.2. The highest BCUT2D eigenvalue weighted by Crippen LogP contribution is 2.16. The molecule has 4 heteroatoms. The zero-order valence-electron chi connectivity index (χ0n) is 8.43. The summed E-state index contributed by atoms with van der Waals surface area (Å²) in [5.41, 5.74) is 0.994. The maximum atomic E-state index is 12.9. The average molecular weight is 271 g/mol. The van der Waals surface area contributed by atoms with Gasteiger partial charge in [0.05, 0.1) is 16.5 Å². The maximum Gasteiger partial charge on any atom is 0.137 e. The minimum absolute atomic E-state index is 0.00566. The van der Waals surface area contributed by atoms with E-state index in [2.05, 4.69) is 27.3 Å². The SMILES string of the molecule is CC(C#N)CNCc1ccc(F)c(Br)c1. The van der Waals surface area contributed by atoms with Crippen molar-refractivity contribution in [3.05, 3.63) is 34.1 Å². The fraction of sp³-hybridized carbons (Fsp3) is 0.364. The molecular weight excluding hydrogens is 259 g/mol. The first-order valence-corrected chi connectivity index (χ1v) is 5.47. The van der Waals surface area contributed by atoms with E-state index in [1.165, 1.54) is 6.07 Å². The lowest BCUT2D eigenvalue weighted by molar-refractivity contribution is 0.597. The van der Waals surface area contributed by atoms with E-state index in [0.29, 0.717) is 17.6 Å².